The van der Waals surface area contributed by atoms with Gasteiger partial charge in [0.2, 0.25) is 0 Å². The Labute approximate surface area is 103 Å². The van der Waals surface area contributed by atoms with Crippen molar-refractivity contribution in [2.45, 2.75) is 51.6 Å². The zero-order valence-corrected chi connectivity index (χ0v) is 11.1. The molecule has 1 aliphatic heterocycles. The molecule has 0 aromatic carbocycles. The van der Waals surface area contributed by atoms with Gasteiger partial charge in [-0.15, -0.1) is 0 Å². The third-order valence-electron chi connectivity index (χ3n) is 3.76. The average molecular weight is 237 g/mol. The van der Waals surface area contributed by atoms with Crippen LogP contribution in [-0.2, 0) is 12.1 Å². The summed E-state index contributed by atoms with van der Waals surface area (Å²) in [5, 5.41) is 8.12. The highest BCUT2D eigenvalue weighted by molar-refractivity contribution is 5.33. The smallest absolute Gasteiger partial charge is 0.161 e. The molecule has 1 aromatic heterocycles. The van der Waals surface area contributed by atoms with Crippen LogP contribution in [0.4, 0.5) is 0 Å². The molecule has 1 saturated heterocycles. The first-order chi connectivity index (χ1) is 8.27. The number of ether oxygens (including phenoxy) is 1. The highest BCUT2D eigenvalue weighted by atomic mass is 16.5. The highest BCUT2D eigenvalue weighted by Gasteiger charge is 2.39. The van der Waals surface area contributed by atoms with Crippen molar-refractivity contribution in [3.63, 3.8) is 0 Å². The maximum absolute atomic E-state index is 5.49. The van der Waals surface area contributed by atoms with E-state index in [9.17, 15) is 0 Å². The molecule has 1 N–H and O–H groups in total. The Balaban J connectivity index is 2.42. The third kappa shape index (κ3) is 2.06. The summed E-state index contributed by atoms with van der Waals surface area (Å²) >= 11 is 0. The van der Waals surface area contributed by atoms with Gasteiger partial charge in [-0.1, -0.05) is 13.8 Å². The van der Waals surface area contributed by atoms with E-state index in [1.807, 2.05) is 6.20 Å². The van der Waals surface area contributed by atoms with E-state index in [1.165, 1.54) is 18.5 Å². The quantitative estimate of drug-likeness (QED) is 0.854. The number of aromatic nitrogens is 2. The van der Waals surface area contributed by atoms with Crippen molar-refractivity contribution >= 4 is 0 Å². The molecular formula is C13H23N3O. The monoisotopic (exact) mass is 237 g/mol. The van der Waals surface area contributed by atoms with Gasteiger partial charge in [0.05, 0.1) is 18.8 Å². The first-order valence-corrected chi connectivity index (χ1v) is 6.62. The molecule has 17 heavy (non-hydrogen) atoms. The standard InChI is InChI=1S/C13H23N3O/c1-4-9-16-12(11(17-3)10-15-16)13(5-2)7-6-8-14-13/h10,14H,4-9H2,1-3H3. The van der Waals surface area contributed by atoms with Crippen LogP contribution >= 0.6 is 0 Å². The lowest BCUT2D eigenvalue weighted by Crippen LogP contribution is -2.38. The fourth-order valence-electron chi connectivity index (χ4n) is 2.86. The molecule has 96 valence electrons. The lowest BCUT2D eigenvalue weighted by atomic mass is 9.89. The van der Waals surface area contributed by atoms with Crippen LogP contribution in [-0.4, -0.2) is 23.4 Å². The summed E-state index contributed by atoms with van der Waals surface area (Å²) in [5.74, 6) is 0.926. The van der Waals surface area contributed by atoms with Crippen molar-refractivity contribution < 1.29 is 4.74 Å². The minimum Gasteiger partial charge on any atom is -0.493 e. The summed E-state index contributed by atoms with van der Waals surface area (Å²) in [4.78, 5) is 0. The molecule has 4 nitrogen and oxygen atoms in total. The van der Waals surface area contributed by atoms with Crippen LogP contribution in [0.3, 0.4) is 0 Å². The van der Waals surface area contributed by atoms with E-state index in [-0.39, 0.29) is 5.54 Å². The molecule has 1 unspecified atom stereocenters. The van der Waals surface area contributed by atoms with Gasteiger partial charge in [-0.3, -0.25) is 4.68 Å². The molecule has 0 radical (unpaired) electrons. The van der Waals surface area contributed by atoms with E-state index in [0.717, 1.165) is 31.7 Å². The molecule has 0 saturated carbocycles. The summed E-state index contributed by atoms with van der Waals surface area (Å²) in [6, 6.07) is 0. The van der Waals surface area contributed by atoms with Crippen molar-refractivity contribution in [3.05, 3.63) is 11.9 Å². The van der Waals surface area contributed by atoms with Gasteiger partial charge in [-0.05, 0) is 32.2 Å². The number of nitrogens with zero attached hydrogens (tertiary/aromatic N) is 2. The minimum absolute atomic E-state index is 0.0665. The maximum atomic E-state index is 5.49. The lowest BCUT2D eigenvalue weighted by molar-refractivity contribution is 0.316. The zero-order valence-electron chi connectivity index (χ0n) is 11.1. The molecule has 1 aliphatic rings. The van der Waals surface area contributed by atoms with E-state index in [0.29, 0.717) is 0 Å². The van der Waals surface area contributed by atoms with Crippen molar-refractivity contribution in [3.8, 4) is 5.75 Å². The molecule has 1 fully saturated rings. The Hall–Kier alpha value is -1.03. The molecular weight excluding hydrogens is 214 g/mol. The molecule has 0 spiro atoms. The second-order valence-electron chi connectivity index (χ2n) is 4.75. The van der Waals surface area contributed by atoms with Gasteiger partial charge in [0.1, 0.15) is 5.69 Å². The lowest BCUT2D eigenvalue weighted by Gasteiger charge is -2.29. The second kappa shape index (κ2) is 5.08. The van der Waals surface area contributed by atoms with Gasteiger partial charge in [0.15, 0.2) is 5.75 Å². The Morgan fingerprint density at radius 3 is 2.88 bits per heavy atom. The first kappa shape index (κ1) is 12.4. The van der Waals surface area contributed by atoms with Crippen LogP contribution in [0.1, 0.15) is 45.2 Å². The van der Waals surface area contributed by atoms with Gasteiger partial charge < -0.3 is 10.1 Å². The SMILES string of the molecule is CCCn1ncc(OC)c1C1(CC)CCCN1. The Kier molecular flexibility index (Phi) is 3.72. The normalized spacial score (nSPS) is 24.2. The van der Waals surface area contributed by atoms with E-state index in [4.69, 9.17) is 4.74 Å². The first-order valence-electron chi connectivity index (χ1n) is 6.62. The Morgan fingerprint density at radius 2 is 2.35 bits per heavy atom. The van der Waals surface area contributed by atoms with Crippen LogP contribution in [0.5, 0.6) is 5.75 Å². The zero-order chi connectivity index (χ0) is 12.3. The van der Waals surface area contributed by atoms with Crippen LogP contribution < -0.4 is 10.1 Å². The van der Waals surface area contributed by atoms with Crippen molar-refractivity contribution in [1.82, 2.24) is 15.1 Å². The summed E-state index contributed by atoms with van der Waals surface area (Å²) in [5.41, 5.74) is 1.30. The number of methoxy groups -OCH3 is 1. The van der Waals surface area contributed by atoms with E-state index in [2.05, 4.69) is 28.9 Å². The predicted octanol–water partition coefficient (Wildman–Crippen LogP) is 2.29. The van der Waals surface area contributed by atoms with Gasteiger partial charge in [0.25, 0.3) is 0 Å². The molecule has 2 heterocycles. The molecule has 1 aromatic rings. The fourth-order valence-corrected chi connectivity index (χ4v) is 2.86. The summed E-state index contributed by atoms with van der Waals surface area (Å²) in [7, 11) is 1.73. The fraction of sp³-hybridized carbons (Fsp3) is 0.769. The summed E-state index contributed by atoms with van der Waals surface area (Å²) in [6.45, 7) is 6.47. The number of rotatable bonds is 5. The second-order valence-corrected chi connectivity index (χ2v) is 4.75. The maximum Gasteiger partial charge on any atom is 0.161 e. The molecule has 0 aliphatic carbocycles. The predicted molar refractivity (Wildman–Crippen MR) is 68.3 cm³/mol. The molecule has 2 rings (SSSR count). The Morgan fingerprint density at radius 1 is 1.53 bits per heavy atom. The number of aryl methyl sites for hydroxylation is 1. The minimum atomic E-state index is 0.0665. The number of hydrogen-bond donors (Lipinski definition) is 1. The van der Waals surface area contributed by atoms with Crippen LogP contribution in [0.25, 0.3) is 0 Å². The van der Waals surface area contributed by atoms with Crippen molar-refractivity contribution in [2.24, 2.45) is 0 Å². The topological polar surface area (TPSA) is 39.1 Å². The molecule has 0 amide bonds. The molecule has 0 bridgehead atoms. The van der Waals surface area contributed by atoms with Gasteiger partial charge in [-0.2, -0.15) is 5.10 Å². The van der Waals surface area contributed by atoms with Gasteiger partial charge >= 0.3 is 0 Å². The number of hydrogen-bond acceptors (Lipinski definition) is 3. The Bertz CT molecular complexity index is 367. The average Bonchev–Trinajstić information content (AvgIpc) is 2.96. The molecule has 4 heteroatoms. The third-order valence-corrected chi connectivity index (χ3v) is 3.76. The van der Waals surface area contributed by atoms with Crippen molar-refractivity contribution in [1.29, 1.82) is 0 Å². The summed E-state index contributed by atoms with van der Waals surface area (Å²) < 4.78 is 7.60. The number of nitrogens with one attached hydrogen (secondary N) is 1. The van der Waals surface area contributed by atoms with Crippen LogP contribution in [0.15, 0.2) is 6.20 Å². The summed E-state index contributed by atoms with van der Waals surface area (Å²) in [6.07, 6.45) is 6.43. The van der Waals surface area contributed by atoms with Crippen molar-refractivity contribution in [2.75, 3.05) is 13.7 Å². The van der Waals surface area contributed by atoms with Gasteiger partial charge in [-0.25, -0.2) is 0 Å². The van der Waals surface area contributed by atoms with Crippen LogP contribution in [0.2, 0.25) is 0 Å². The largest absolute Gasteiger partial charge is 0.493 e. The molecule has 1 atom stereocenters. The highest BCUT2D eigenvalue weighted by Crippen LogP contribution is 2.39. The van der Waals surface area contributed by atoms with Crippen LogP contribution in [0, 0.1) is 0 Å². The van der Waals surface area contributed by atoms with E-state index in [1.54, 1.807) is 7.11 Å². The van der Waals surface area contributed by atoms with Gasteiger partial charge in [0, 0.05) is 6.54 Å². The van der Waals surface area contributed by atoms with E-state index >= 15 is 0 Å². The van der Waals surface area contributed by atoms with E-state index < -0.39 is 0 Å².